The Hall–Kier alpha value is -1.91. The van der Waals surface area contributed by atoms with Crippen LogP contribution in [0.2, 0.25) is 0 Å². The van der Waals surface area contributed by atoms with E-state index in [1.165, 1.54) is 6.33 Å². The number of rotatable bonds is 4. The molecule has 0 fully saturated rings. The number of anilines is 1. The highest BCUT2D eigenvalue weighted by Crippen LogP contribution is 2.03. The Bertz CT molecular complexity index is 396. The topological polar surface area (TPSA) is 63.8 Å². The van der Waals surface area contributed by atoms with Crippen LogP contribution in [-0.2, 0) is 6.42 Å². The normalized spacial score (nSPS) is 10.2. The van der Waals surface area contributed by atoms with E-state index in [4.69, 9.17) is 4.52 Å². The highest BCUT2D eigenvalue weighted by molar-refractivity contribution is 5.35. The minimum Gasteiger partial charge on any atom is -0.370 e. The van der Waals surface area contributed by atoms with Gasteiger partial charge in [-0.05, 0) is 18.6 Å². The molecule has 0 radical (unpaired) electrons. The van der Waals surface area contributed by atoms with E-state index in [0.29, 0.717) is 12.3 Å². The molecule has 0 atom stereocenters. The number of nitrogens with zero attached hydrogens (tertiary/aromatic N) is 3. The number of aromatic nitrogens is 3. The first-order valence-corrected chi connectivity index (χ1v) is 4.76. The van der Waals surface area contributed by atoms with Gasteiger partial charge in [-0.2, -0.15) is 4.98 Å². The molecule has 2 heterocycles. The zero-order chi connectivity index (χ0) is 10.5. The monoisotopic (exact) mass is 204 g/mol. The SMILES string of the molecule is Cc1ccc(NCCc2ncno2)nc1. The molecule has 0 aliphatic heterocycles. The molecule has 2 rings (SSSR count). The molecule has 2 aromatic heterocycles. The summed E-state index contributed by atoms with van der Waals surface area (Å²) in [6, 6.07) is 3.96. The highest BCUT2D eigenvalue weighted by Gasteiger charge is 1.98. The van der Waals surface area contributed by atoms with Gasteiger partial charge in [0, 0.05) is 19.2 Å². The number of nitrogens with one attached hydrogen (secondary N) is 1. The van der Waals surface area contributed by atoms with Crippen molar-refractivity contribution in [3.63, 3.8) is 0 Å². The van der Waals surface area contributed by atoms with E-state index < -0.39 is 0 Å². The molecule has 2 aromatic rings. The van der Waals surface area contributed by atoms with Gasteiger partial charge in [0.05, 0.1) is 0 Å². The van der Waals surface area contributed by atoms with Crippen molar-refractivity contribution in [1.82, 2.24) is 15.1 Å². The standard InChI is InChI=1S/C10H12N4O/c1-8-2-3-9(12-6-8)11-5-4-10-13-7-14-15-10/h2-3,6-7H,4-5H2,1H3,(H,11,12). The summed E-state index contributed by atoms with van der Waals surface area (Å²) in [6.07, 6.45) is 3.93. The first-order valence-electron chi connectivity index (χ1n) is 4.76. The predicted molar refractivity (Wildman–Crippen MR) is 55.5 cm³/mol. The molecule has 0 amide bonds. The van der Waals surface area contributed by atoms with Gasteiger partial charge in [0.2, 0.25) is 5.89 Å². The van der Waals surface area contributed by atoms with Crippen LogP contribution in [0.1, 0.15) is 11.5 Å². The fraction of sp³-hybridized carbons (Fsp3) is 0.300. The van der Waals surface area contributed by atoms with E-state index >= 15 is 0 Å². The van der Waals surface area contributed by atoms with Crippen LogP contribution in [0.5, 0.6) is 0 Å². The molecule has 0 saturated heterocycles. The van der Waals surface area contributed by atoms with Gasteiger partial charge in [0.15, 0.2) is 6.33 Å². The van der Waals surface area contributed by atoms with E-state index in [1.807, 2.05) is 25.3 Å². The van der Waals surface area contributed by atoms with Crippen molar-refractivity contribution in [3.05, 3.63) is 36.1 Å². The maximum absolute atomic E-state index is 4.87. The lowest BCUT2D eigenvalue weighted by Crippen LogP contribution is -2.06. The van der Waals surface area contributed by atoms with Crippen molar-refractivity contribution in [3.8, 4) is 0 Å². The molecule has 0 aliphatic rings. The summed E-state index contributed by atoms with van der Waals surface area (Å²) in [6.45, 7) is 2.74. The first-order chi connectivity index (χ1) is 7.34. The second-order valence-electron chi connectivity index (χ2n) is 3.23. The van der Waals surface area contributed by atoms with Gasteiger partial charge in [-0.1, -0.05) is 11.2 Å². The molecular formula is C10H12N4O. The van der Waals surface area contributed by atoms with Crippen molar-refractivity contribution < 1.29 is 4.52 Å². The van der Waals surface area contributed by atoms with Crippen LogP contribution in [-0.4, -0.2) is 21.7 Å². The van der Waals surface area contributed by atoms with E-state index in [-0.39, 0.29) is 0 Å². The van der Waals surface area contributed by atoms with Crippen molar-refractivity contribution in [2.45, 2.75) is 13.3 Å². The first kappa shape index (κ1) is 9.64. The average Bonchev–Trinajstić information content (AvgIpc) is 2.74. The smallest absolute Gasteiger partial charge is 0.228 e. The van der Waals surface area contributed by atoms with Crippen LogP contribution in [0.4, 0.5) is 5.82 Å². The van der Waals surface area contributed by atoms with Crippen molar-refractivity contribution in [2.75, 3.05) is 11.9 Å². The van der Waals surface area contributed by atoms with Crippen LogP contribution in [0, 0.1) is 6.92 Å². The average molecular weight is 204 g/mol. The highest BCUT2D eigenvalue weighted by atomic mass is 16.5. The van der Waals surface area contributed by atoms with E-state index in [1.54, 1.807) is 0 Å². The predicted octanol–water partition coefficient (Wildman–Crippen LogP) is 1.43. The third kappa shape index (κ3) is 2.77. The van der Waals surface area contributed by atoms with E-state index in [2.05, 4.69) is 20.4 Å². The molecule has 0 unspecified atom stereocenters. The number of hydrogen-bond donors (Lipinski definition) is 1. The van der Waals surface area contributed by atoms with Crippen molar-refractivity contribution >= 4 is 5.82 Å². The fourth-order valence-electron chi connectivity index (χ4n) is 1.18. The summed E-state index contributed by atoms with van der Waals surface area (Å²) in [5.74, 6) is 1.50. The lowest BCUT2D eigenvalue weighted by atomic mass is 10.3. The van der Waals surface area contributed by atoms with Crippen LogP contribution in [0.15, 0.2) is 29.2 Å². The fourth-order valence-corrected chi connectivity index (χ4v) is 1.18. The molecule has 1 N–H and O–H groups in total. The Balaban J connectivity index is 1.81. The van der Waals surface area contributed by atoms with Gasteiger partial charge in [-0.15, -0.1) is 0 Å². The summed E-state index contributed by atoms with van der Waals surface area (Å²) in [4.78, 5) is 8.14. The molecule has 5 heteroatoms. The van der Waals surface area contributed by atoms with Gasteiger partial charge in [0.1, 0.15) is 5.82 Å². The van der Waals surface area contributed by atoms with Crippen LogP contribution >= 0.6 is 0 Å². The lowest BCUT2D eigenvalue weighted by molar-refractivity contribution is 0.379. The van der Waals surface area contributed by atoms with E-state index in [0.717, 1.165) is 17.9 Å². The Labute approximate surface area is 87.5 Å². The Morgan fingerprint density at radius 2 is 2.27 bits per heavy atom. The largest absolute Gasteiger partial charge is 0.370 e. The van der Waals surface area contributed by atoms with Gasteiger partial charge in [0.25, 0.3) is 0 Å². The molecule has 0 aromatic carbocycles. The third-order valence-corrected chi connectivity index (χ3v) is 1.96. The van der Waals surface area contributed by atoms with Gasteiger partial charge >= 0.3 is 0 Å². The lowest BCUT2D eigenvalue weighted by Gasteiger charge is -2.02. The minimum atomic E-state index is 0.634. The summed E-state index contributed by atoms with van der Waals surface area (Å²) in [5.41, 5.74) is 1.15. The molecule has 5 nitrogen and oxygen atoms in total. The molecule has 0 saturated carbocycles. The number of pyridine rings is 1. The summed E-state index contributed by atoms with van der Waals surface area (Å²) in [7, 11) is 0. The van der Waals surface area contributed by atoms with Crippen LogP contribution in [0.25, 0.3) is 0 Å². The summed E-state index contributed by atoms with van der Waals surface area (Å²) in [5, 5.41) is 6.70. The molecule has 0 spiro atoms. The zero-order valence-electron chi connectivity index (χ0n) is 8.47. The second-order valence-corrected chi connectivity index (χ2v) is 3.23. The second kappa shape index (κ2) is 4.54. The minimum absolute atomic E-state index is 0.634. The van der Waals surface area contributed by atoms with Crippen LogP contribution in [0.3, 0.4) is 0 Å². The summed E-state index contributed by atoms with van der Waals surface area (Å²) < 4.78 is 4.87. The van der Waals surface area contributed by atoms with Crippen molar-refractivity contribution in [1.29, 1.82) is 0 Å². The third-order valence-electron chi connectivity index (χ3n) is 1.96. The quantitative estimate of drug-likeness (QED) is 0.816. The van der Waals surface area contributed by atoms with Crippen molar-refractivity contribution in [2.24, 2.45) is 0 Å². The molecule has 0 bridgehead atoms. The molecular weight excluding hydrogens is 192 g/mol. The number of hydrogen-bond acceptors (Lipinski definition) is 5. The summed E-state index contributed by atoms with van der Waals surface area (Å²) >= 11 is 0. The number of aryl methyl sites for hydroxylation is 1. The molecule has 0 aliphatic carbocycles. The zero-order valence-corrected chi connectivity index (χ0v) is 8.47. The Kier molecular flexibility index (Phi) is 2.92. The maximum Gasteiger partial charge on any atom is 0.228 e. The molecule has 15 heavy (non-hydrogen) atoms. The van der Waals surface area contributed by atoms with E-state index in [9.17, 15) is 0 Å². The van der Waals surface area contributed by atoms with Gasteiger partial charge < -0.3 is 9.84 Å². The van der Waals surface area contributed by atoms with Gasteiger partial charge in [-0.3, -0.25) is 0 Å². The Morgan fingerprint density at radius 3 is 2.93 bits per heavy atom. The van der Waals surface area contributed by atoms with Crippen LogP contribution < -0.4 is 5.32 Å². The maximum atomic E-state index is 4.87. The van der Waals surface area contributed by atoms with Gasteiger partial charge in [-0.25, -0.2) is 4.98 Å². The molecule has 78 valence electrons. The Morgan fingerprint density at radius 1 is 1.33 bits per heavy atom.